The third kappa shape index (κ3) is 2.30. The summed E-state index contributed by atoms with van der Waals surface area (Å²) in [5.74, 6) is 0. The molecule has 0 rings (SSSR count). The molecule has 72 valence electrons. The van der Waals surface area contributed by atoms with Crippen LogP contribution in [0.4, 0.5) is 13.2 Å². The van der Waals surface area contributed by atoms with Gasteiger partial charge >= 0.3 is 6.18 Å². The summed E-state index contributed by atoms with van der Waals surface area (Å²) in [4.78, 5) is 0. The number of hydrogen-bond acceptors (Lipinski definition) is 0. The molecule has 0 bridgehead atoms. The minimum Gasteiger partial charge on any atom is -0.194 e. The molecule has 0 radical (unpaired) electrons. The van der Waals surface area contributed by atoms with E-state index < -0.39 is 21.5 Å². The number of rotatable bonds is 3. The van der Waals surface area contributed by atoms with Crippen molar-refractivity contribution in [2.45, 2.75) is 18.3 Å². The summed E-state index contributed by atoms with van der Waals surface area (Å²) in [5, 5.41) is 1.36. The molecule has 12 heavy (non-hydrogen) atoms. The van der Waals surface area contributed by atoms with Gasteiger partial charge in [-0.15, -0.1) is 0 Å². The molecule has 1 unspecified atom stereocenters. The first-order chi connectivity index (χ1) is 5.28. The van der Waals surface area contributed by atoms with Crippen molar-refractivity contribution in [1.29, 1.82) is 0 Å². The van der Waals surface area contributed by atoms with E-state index in [1.54, 1.807) is 6.26 Å². The van der Waals surface area contributed by atoms with E-state index in [-0.39, 0.29) is 0 Å². The van der Waals surface area contributed by atoms with Crippen LogP contribution in [-0.2, 0) is 0 Å². The Morgan fingerprint density at radius 2 is 1.58 bits per heavy atom. The van der Waals surface area contributed by atoms with E-state index >= 15 is 0 Å². The number of halogens is 3. The highest BCUT2D eigenvalue weighted by atomic mass is 32.3. The average molecular weight is 198 g/mol. The highest BCUT2D eigenvalue weighted by Gasteiger charge is 2.42. The molecule has 0 aliphatic carbocycles. The zero-order valence-electron chi connectivity index (χ0n) is 7.19. The monoisotopic (exact) mass is 198 g/mol. The highest BCUT2D eigenvalue weighted by molar-refractivity contribution is 8.38. The van der Waals surface area contributed by atoms with Crippen LogP contribution in [0.5, 0.6) is 0 Å². The van der Waals surface area contributed by atoms with Crippen LogP contribution in [0.25, 0.3) is 0 Å². The van der Waals surface area contributed by atoms with Gasteiger partial charge in [-0.2, -0.15) is 23.2 Å². The molecule has 0 aliphatic heterocycles. The smallest absolute Gasteiger partial charge is 0.194 e. The molecule has 0 spiro atoms. The first kappa shape index (κ1) is 11.6. The molecule has 0 saturated carbocycles. The Balaban J connectivity index is 4.76. The van der Waals surface area contributed by atoms with Crippen molar-refractivity contribution in [2.24, 2.45) is 0 Å². The SMILES string of the molecule is C=CS(C)(C=C)C(C)C(F)(F)F. The van der Waals surface area contributed by atoms with Crippen molar-refractivity contribution < 1.29 is 13.2 Å². The molecule has 0 heterocycles. The fourth-order valence-electron chi connectivity index (χ4n) is 0.645. The first-order valence-corrected chi connectivity index (χ1v) is 5.60. The molecule has 0 aliphatic rings. The lowest BCUT2D eigenvalue weighted by Crippen LogP contribution is -2.28. The van der Waals surface area contributed by atoms with Crippen molar-refractivity contribution >= 4 is 10.0 Å². The van der Waals surface area contributed by atoms with Gasteiger partial charge in [0.25, 0.3) is 0 Å². The summed E-state index contributed by atoms with van der Waals surface area (Å²) in [7, 11) is -1.95. The van der Waals surface area contributed by atoms with Crippen LogP contribution in [0.3, 0.4) is 0 Å². The molecule has 4 heteroatoms. The average Bonchev–Trinajstić information content (AvgIpc) is 2.00. The Labute approximate surface area is 72.5 Å². The van der Waals surface area contributed by atoms with Crippen molar-refractivity contribution in [1.82, 2.24) is 0 Å². The Morgan fingerprint density at radius 3 is 1.67 bits per heavy atom. The minimum atomic E-state index is -4.16. The lowest BCUT2D eigenvalue weighted by atomic mass is 10.5. The van der Waals surface area contributed by atoms with E-state index in [4.69, 9.17) is 0 Å². The quantitative estimate of drug-likeness (QED) is 0.649. The second kappa shape index (κ2) is 3.56. The normalized spacial score (nSPS) is 16.8. The molecular weight excluding hydrogens is 185 g/mol. The first-order valence-electron chi connectivity index (χ1n) is 3.36. The van der Waals surface area contributed by atoms with Crippen LogP contribution >= 0.6 is 10.0 Å². The van der Waals surface area contributed by atoms with Crippen molar-refractivity contribution in [3.05, 3.63) is 24.0 Å². The van der Waals surface area contributed by atoms with Gasteiger partial charge in [0.1, 0.15) is 0 Å². The summed E-state index contributed by atoms with van der Waals surface area (Å²) in [6.45, 7) is 7.97. The predicted octanol–water partition coefficient (Wildman–Crippen LogP) is 3.66. The number of hydrogen-bond donors (Lipinski definition) is 0. The van der Waals surface area contributed by atoms with Gasteiger partial charge in [-0.25, -0.2) is 0 Å². The van der Waals surface area contributed by atoms with Gasteiger partial charge in [0.05, 0.1) is 5.25 Å². The topological polar surface area (TPSA) is 0 Å². The van der Waals surface area contributed by atoms with Gasteiger partial charge in [-0.05, 0) is 13.2 Å². The lowest BCUT2D eigenvalue weighted by Gasteiger charge is -2.36. The zero-order chi connectivity index (χ0) is 9.99. The van der Waals surface area contributed by atoms with Gasteiger partial charge in [0.2, 0.25) is 0 Å². The molecule has 0 aromatic rings. The second-order valence-corrected chi connectivity index (χ2v) is 6.24. The molecule has 0 fully saturated rings. The van der Waals surface area contributed by atoms with Gasteiger partial charge in [0.15, 0.2) is 0 Å². The Kier molecular flexibility index (Phi) is 3.45. The molecule has 0 aromatic heterocycles. The van der Waals surface area contributed by atoms with Crippen LogP contribution in [0, 0.1) is 0 Å². The van der Waals surface area contributed by atoms with Crippen LogP contribution in [-0.4, -0.2) is 17.7 Å². The Bertz CT molecular complexity index is 175. The molecule has 0 amide bonds. The summed E-state index contributed by atoms with van der Waals surface area (Å²) in [5.41, 5.74) is 0. The maximum Gasteiger partial charge on any atom is 0.399 e. The summed E-state index contributed by atoms with van der Waals surface area (Å²) in [6, 6.07) is 0. The largest absolute Gasteiger partial charge is 0.399 e. The van der Waals surface area contributed by atoms with E-state index in [9.17, 15) is 13.2 Å². The standard InChI is InChI=1S/C8H13F3S/c1-5-12(4,6-2)7(3)8(9,10)11/h5-7H,1-2H2,3-4H3. The van der Waals surface area contributed by atoms with E-state index in [0.717, 1.165) is 0 Å². The molecule has 0 aromatic carbocycles. The Morgan fingerprint density at radius 1 is 1.25 bits per heavy atom. The van der Waals surface area contributed by atoms with E-state index in [2.05, 4.69) is 13.2 Å². The van der Waals surface area contributed by atoms with Gasteiger partial charge in [-0.1, -0.05) is 24.0 Å². The van der Waals surface area contributed by atoms with Crippen LogP contribution in [0.2, 0.25) is 0 Å². The lowest BCUT2D eigenvalue weighted by molar-refractivity contribution is -0.125. The highest BCUT2D eigenvalue weighted by Crippen LogP contribution is 2.56. The van der Waals surface area contributed by atoms with E-state index in [0.29, 0.717) is 0 Å². The van der Waals surface area contributed by atoms with E-state index in [1.165, 1.54) is 17.7 Å². The fourth-order valence-corrected chi connectivity index (χ4v) is 1.93. The van der Waals surface area contributed by atoms with Crippen molar-refractivity contribution in [2.75, 3.05) is 6.26 Å². The summed E-state index contributed by atoms with van der Waals surface area (Å²) >= 11 is 0. The molecule has 1 atom stereocenters. The fraction of sp³-hybridized carbons (Fsp3) is 0.500. The zero-order valence-corrected chi connectivity index (χ0v) is 8.00. The van der Waals surface area contributed by atoms with Gasteiger partial charge in [-0.3, -0.25) is 0 Å². The van der Waals surface area contributed by atoms with Gasteiger partial charge in [0, 0.05) is 0 Å². The van der Waals surface area contributed by atoms with Crippen LogP contribution in [0.15, 0.2) is 24.0 Å². The summed E-state index contributed by atoms with van der Waals surface area (Å²) < 4.78 is 36.7. The molecule has 0 saturated heterocycles. The summed E-state index contributed by atoms with van der Waals surface area (Å²) in [6.07, 6.45) is -2.61. The van der Waals surface area contributed by atoms with E-state index in [1.807, 2.05) is 0 Å². The third-order valence-corrected chi connectivity index (χ3v) is 5.17. The Hall–Kier alpha value is -0.380. The van der Waals surface area contributed by atoms with Crippen LogP contribution in [0.1, 0.15) is 6.92 Å². The molecule has 0 nitrogen and oxygen atoms in total. The molecular formula is C8H13F3S. The van der Waals surface area contributed by atoms with Crippen molar-refractivity contribution in [3.8, 4) is 0 Å². The second-order valence-electron chi connectivity index (χ2n) is 2.63. The maximum atomic E-state index is 12.2. The third-order valence-electron chi connectivity index (χ3n) is 1.94. The predicted molar refractivity (Wildman–Crippen MR) is 49.4 cm³/mol. The van der Waals surface area contributed by atoms with Crippen molar-refractivity contribution in [3.63, 3.8) is 0 Å². The van der Waals surface area contributed by atoms with Crippen LogP contribution < -0.4 is 0 Å². The maximum absolute atomic E-state index is 12.2. The molecule has 0 N–H and O–H groups in total. The minimum absolute atomic E-state index is 1.17. The van der Waals surface area contributed by atoms with Gasteiger partial charge < -0.3 is 0 Å². The number of alkyl halides is 3.